The lowest BCUT2D eigenvalue weighted by Crippen LogP contribution is -2.30. The Morgan fingerprint density at radius 2 is 1.88 bits per heavy atom. The summed E-state index contributed by atoms with van der Waals surface area (Å²) in [5.41, 5.74) is 2.75. The van der Waals surface area contributed by atoms with Crippen molar-refractivity contribution in [3.63, 3.8) is 0 Å². The van der Waals surface area contributed by atoms with Gasteiger partial charge in [-0.2, -0.15) is 0 Å². The molecule has 0 bridgehead atoms. The fraction of sp³-hybridized carbons (Fsp3) is 0.571. The van der Waals surface area contributed by atoms with Gasteiger partial charge in [0.1, 0.15) is 0 Å². The Morgan fingerprint density at radius 1 is 1.25 bits per heavy atom. The minimum atomic E-state index is 0.536. The molecule has 16 heavy (non-hydrogen) atoms. The van der Waals surface area contributed by atoms with Crippen LogP contribution in [-0.4, -0.2) is 32.1 Å². The molecule has 1 aromatic carbocycles. The SMILES string of the molecule is CCC(c1ccc(C)cc1)N(C)CCNC. The average molecular weight is 220 g/mol. The number of nitrogens with one attached hydrogen (secondary N) is 1. The lowest BCUT2D eigenvalue weighted by molar-refractivity contribution is 0.240. The van der Waals surface area contributed by atoms with Crippen LogP contribution in [-0.2, 0) is 0 Å². The van der Waals surface area contributed by atoms with Crippen molar-refractivity contribution < 1.29 is 0 Å². The van der Waals surface area contributed by atoms with Gasteiger partial charge in [0, 0.05) is 19.1 Å². The molecule has 0 amide bonds. The standard InChI is InChI=1S/C14H24N2/c1-5-14(16(4)11-10-15-3)13-8-6-12(2)7-9-13/h6-9,14-15H,5,10-11H2,1-4H3. The zero-order valence-corrected chi connectivity index (χ0v) is 11.0. The number of rotatable bonds is 6. The molecule has 0 aromatic heterocycles. The smallest absolute Gasteiger partial charge is 0.0342 e. The van der Waals surface area contributed by atoms with E-state index in [0.717, 1.165) is 19.5 Å². The van der Waals surface area contributed by atoms with E-state index in [-0.39, 0.29) is 0 Å². The maximum atomic E-state index is 3.20. The van der Waals surface area contributed by atoms with Crippen LogP contribution in [0.3, 0.4) is 0 Å². The molecule has 2 heteroatoms. The topological polar surface area (TPSA) is 15.3 Å². The number of likely N-dealkylation sites (N-methyl/N-ethyl adjacent to an activating group) is 2. The lowest BCUT2D eigenvalue weighted by atomic mass is 10.0. The fourth-order valence-electron chi connectivity index (χ4n) is 2.03. The minimum absolute atomic E-state index is 0.536. The Morgan fingerprint density at radius 3 is 2.38 bits per heavy atom. The molecular formula is C14H24N2. The Kier molecular flexibility index (Phi) is 5.50. The van der Waals surface area contributed by atoms with Crippen molar-refractivity contribution >= 4 is 0 Å². The van der Waals surface area contributed by atoms with Crippen molar-refractivity contribution in [3.8, 4) is 0 Å². The molecule has 0 aliphatic heterocycles. The molecule has 0 spiro atoms. The summed E-state index contributed by atoms with van der Waals surface area (Å²) in [4.78, 5) is 2.42. The van der Waals surface area contributed by atoms with Gasteiger partial charge in [-0.25, -0.2) is 0 Å². The zero-order valence-electron chi connectivity index (χ0n) is 11.0. The Balaban J connectivity index is 2.69. The summed E-state index contributed by atoms with van der Waals surface area (Å²) in [5.74, 6) is 0. The van der Waals surface area contributed by atoms with Gasteiger partial charge >= 0.3 is 0 Å². The van der Waals surface area contributed by atoms with Crippen LogP contribution >= 0.6 is 0 Å². The number of nitrogens with zero attached hydrogens (tertiary/aromatic N) is 1. The third-order valence-electron chi connectivity index (χ3n) is 3.10. The van der Waals surface area contributed by atoms with Crippen LogP contribution in [0.4, 0.5) is 0 Å². The van der Waals surface area contributed by atoms with E-state index in [1.807, 2.05) is 7.05 Å². The van der Waals surface area contributed by atoms with E-state index in [9.17, 15) is 0 Å². The van der Waals surface area contributed by atoms with Crippen molar-refractivity contribution in [1.82, 2.24) is 10.2 Å². The molecule has 0 heterocycles. The third-order valence-corrected chi connectivity index (χ3v) is 3.10. The summed E-state index contributed by atoms with van der Waals surface area (Å²) in [7, 11) is 4.20. The molecule has 90 valence electrons. The van der Waals surface area contributed by atoms with Crippen molar-refractivity contribution in [3.05, 3.63) is 35.4 Å². The van der Waals surface area contributed by atoms with E-state index in [2.05, 4.69) is 55.4 Å². The molecule has 0 aliphatic rings. The third kappa shape index (κ3) is 3.62. The van der Waals surface area contributed by atoms with E-state index in [1.165, 1.54) is 11.1 Å². The number of aryl methyl sites for hydroxylation is 1. The second-order valence-electron chi connectivity index (χ2n) is 4.42. The molecule has 0 fully saturated rings. The molecule has 1 unspecified atom stereocenters. The van der Waals surface area contributed by atoms with Crippen LogP contribution in [0.5, 0.6) is 0 Å². The van der Waals surface area contributed by atoms with Crippen molar-refractivity contribution in [1.29, 1.82) is 0 Å². The fourth-order valence-corrected chi connectivity index (χ4v) is 2.03. The highest BCUT2D eigenvalue weighted by molar-refractivity contribution is 5.24. The summed E-state index contributed by atoms with van der Waals surface area (Å²) >= 11 is 0. The largest absolute Gasteiger partial charge is 0.318 e. The number of hydrogen-bond donors (Lipinski definition) is 1. The predicted molar refractivity (Wildman–Crippen MR) is 70.8 cm³/mol. The van der Waals surface area contributed by atoms with Gasteiger partial charge in [-0.15, -0.1) is 0 Å². The van der Waals surface area contributed by atoms with E-state index in [0.29, 0.717) is 6.04 Å². The maximum Gasteiger partial charge on any atom is 0.0342 e. The van der Waals surface area contributed by atoms with Gasteiger partial charge in [-0.05, 0) is 33.0 Å². The van der Waals surface area contributed by atoms with Gasteiger partial charge in [0.25, 0.3) is 0 Å². The second kappa shape index (κ2) is 6.66. The summed E-state index contributed by atoms with van der Waals surface area (Å²) in [5, 5.41) is 3.20. The second-order valence-corrected chi connectivity index (χ2v) is 4.42. The summed E-state index contributed by atoms with van der Waals surface area (Å²) < 4.78 is 0. The van der Waals surface area contributed by atoms with Crippen molar-refractivity contribution in [2.45, 2.75) is 26.3 Å². The van der Waals surface area contributed by atoms with Crippen LogP contribution < -0.4 is 5.32 Å². The molecule has 0 aliphatic carbocycles. The Bertz CT molecular complexity index is 292. The first kappa shape index (κ1) is 13.2. The van der Waals surface area contributed by atoms with Gasteiger partial charge in [0.05, 0.1) is 0 Å². The van der Waals surface area contributed by atoms with Crippen molar-refractivity contribution in [2.24, 2.45) is 0 Å². The molecular weight excluding hydrogens is 196 g/mol. The first-order valence-electron chi connectivity index (χ1n) is 6.10. The molecule has 0 radical (unpaired) electrons. The van der Waals surface area contributed by atoms with E-state index in [1.54, 1.807) is 0 Å². The number of benzene rings is 1. The van der Waals surface area contributed by atoms with Crippen LogP contribution in [0.2, 0.25) is 0 Å². The van der Waals surface area contributed by atoms with Gasteiger partial charge < -0.3 is 5.32 Å². The van der Waals surface area contributed by atoms with Crippen LogP contribution in [0.25, 0.3) is 0 Å². The summed E-state index contributed by atoms with van der Waals surface area (Å²) in [6, 6.07) is 9.43. The Hall–Kier alpha value is -0.860. The molecule has 2 nitrogen and oxygen atoms in total. The van der Waals surface area contributed by atoms with Crippen LogP contribution in [0.1, 0.15) is 30.5 Å². The maximum absolute atomic E-state index is 3.20. The minimum Gasteiger partial charge on any atom is -0.318 e. The monoisotopic (exact) mass is 220 g/mol. The highest BCUT2D eigenvalue weighted by atomic mass is 15.1. The average Bonchev–Trinajstić information content (AvgIpc) is 2.30. The van der Waals surface area contributed by atoms with Crippen molar-refractivity contribution in [2.75, 3.05) is 27.2 Å². The molecule has 1 atom stereocenters. The van der Waals surface area contributed by atoms with Crippen LogP contribution in [0.15, 0.2) is 24.3 Å². The van der Waals surface area contributed by atoms with E-state index in [4.69, 9.17) is 0 Å². The van der Waals surface area contributed by atoms with Gasteiger partial charge in [0.15, 0.2) is 0 Å². The first-order valence-corrected chi connectivity index (χ1v) is 6.10. The van der Waals surface area contributed by atoms with Gasteiger partial charge in [-0.3, -0.25) is 4.90 Å². The van der Waals surface area contributed by atoms with Gasteiger partial charge in [-0.1, -0.05) is 36.8 Å². The summed E-state index contributed by atoms with van der Waals surface area (Å²) in [6.45, 7) is 6.51. The molecule has 1 N–H and O–H groups in total. The zero-order chi connectivity index (χ0) is 12.0. The number of hydrogen-bond acceptors (Lipinski definition) is 2. The molecule has 1 aromatic rings. The highest BCUT2D eigenvalue weighted by Gasteiger charge is 2.13. The van der Waals surface area contributed by atoms with Crippen LogP contribution in [0, 0.1) is 6.92 Å². The Labute approximate surface area is 99.7 Å². The summed E-state index contributed by atoms with van der Waals surface area (Å²) in [6.07, 6.45) is 1.16. The van der Waals surface area contributed by atoms with E-state index < -0.39 is 0 Å². The molecule has 0 saturated heterocycles. The molecule has 0 saturated carbocycles. The first-order chi connectivity index (χ1) is 7.69. The van der Waals surface area contributed by atoms with Gasteiger partial charge in [0.2, 0.25) is 0 Å². The highest BCUT2D eigenvalue weighted by Crippen LogP contribution is 2.22. The normalized spacial score (nSPS) is 13.1. The lowest BCUT2D eigenvalue weighted by Gasteiger charge is -2.27. The quantitative estimate of drug-likeness (QED) is 0.792. The predicted octanol–water partition coefficient (Wildman–Crippen LogP) is 2.60. The van der Waals surface area contributed by atoms with E-state index >= 15 is 0 Å². The molecule has 1 rings (SSSR count).